The molecule has 0 bridgehead atoms. The van der Waals surface area contributed by atoms with Crippen molar-refractivity contribution in [1.82, 2.24) is 19.6 Å². The first-order valence-electron chi connectivity index (χ1n) is 10.9. The standard InChI is InChI=1S/C22H26FN5O6S2/c1-27(2)36(33,34)17-12-15(23)8-7-14(17)13-25-22(30)19-20(29)18-16(6-5-9-24-18)21(26-19)28-10-3-4-11-35(28,31)32/h5-9,12,29,31-32H,3-4,10-11,13H2,1-2H3,(H,25,30). The Balaban J connectivity index is 1.72. The van der Waals surface area contributed by atoms with Crippen LogP contribution in [0.4, 0.5) is 10.2 Å². The van der Waals surface area contributed by atoms with Gasteiger partial charge < -0.3 is 10.4 Å². The molecule has 0 atom stereocenters. The molecular formula is C22H26FN5O6S2. The number of anilines is 1. The van der Waals surface area contributed by atoms with Gasteiger partial charge in [0, 0.05) is 38.8 Å². The Morgan fingerprint density at radius 2 is 2.00 bits per heavy atom. The van der Waals surface area contributed by atoms with Crippen LogP contribution in [0.15, 0.2) is 41.4 Å². The van der Waals surface area contributed by atoms with Crippen molar-refractivity contribution in [2.75, 3.05) is 30.7 Å². The van der Waals surface area contributed by atoms with Crippen molar-refractivity contribution >= 4 is 43.4 Å². The molecule has 0 unspecified atom stereocenters. The molecule has 1 amide bonds. The van der Waals surface area contributed by atoms with Crippen LogP contribution in [0.25, 0.3) is 10.9 Å². The van der Waals surface area contributed by atoms with Gasteiger partial charge in [-0.15, -0.1) is 10.8 Å². The second-order valence-corrected chi connectivity index (χ2v) is 12.6. The average Bonchev–Trinajstić information content (AvgIpc) is 2.83. The number of aromatic nitrogens is 2. The molecule has 4 rings (SSSR count). The lowest BCUT2D eigenvalue weighted by Gasteiger charge is -2.47. The number of halogens is 1. The molecular weight excluding hydrogens is 513 g/mol. The first-order valence-corrected chi connectivity index (χ1v) is 14.0. The quantitative estimate of drug-likeness (QED) is 0.370. The summed E-state index contributed by atoms with van der Waals surface area (Å²) in [6.45, 7) is -0.0242. The Labute approximate surface area is 209 Å². The highest BCUT2D eigenvalue weighted by Crippen LogP contribution is 2.51. The molecule has 1 saturated heterocycles. The summed E-state index contributed by atoms with van der Waals surface area (Å²) < 4.78 is 62.6. The SMILES string of the molecule is CN(C)S(=O)(=O)c1cc(F)ccc1CNC(=O)c1nc(N2CCCCS2(O)O)c2cccnc2c1O. The van der Waals surface area contributed by atoms with Crippen LogP contribution in [0.5, 0.6) is 5.75 Å². The number of rotatable bonds is 6. The maximum absolute atomic E-state index is 13.8. The largest absolute Gasteiger partial charge is 0.504 e. The summed E-state index contributed by atoms with van der Waals surface area (Å²) in [6, 6.07) is 6.39. The topological polar surface area (TPSA) is 156 Å². The van der Waals surface area contributed by atoms with Crippen LogP contribution in [-0.4, -0.2) is 69.2 Å². The maximum Gasteiger partial charge on any atom is 0.274 e. The number of hydrogen-bond acceptors (Lipinski definition) is 9. The van der Waals surface area contributed by atoms with Gasteiger partial charge in [-0.3, -0.25) is 23.2 Å². The van der Waals surface area contributed by atoms with E-state index in [0.717, 1.165) is 16.4 Å². The molecule has 14 heteroatoms. The first-order chi connectivity index (χ1) is 16.9. The number of sulfonamides is 1. The van der Waals surface area contributed by atoms with Gasteiger partial charge in [0.15, 0.2) is 17.3 Å². The predicted octanol–water partition coefficient (Wildman–Crippen LogP) is 2.92. The zero-order valence-electron chi connectivity index (χ0n) is 19.5. The summed E-state index contributed by atoms with van der Waals surface area (Å²) in [5, 5.41) is 13.6. The van der Waals surface area contributed by atoms with Gasteiger partial charge in [-0.1, -0.05) is 6.07 Å². The first kappa shape index (κ1) is 26.0. The van der Waals surface area contributed by atoms with Crippen molar-refractivity contribution in [2.45, 2.75) is 24.3 Å². The van der Waals surface area contributed by atoms with E-state index in [9.17, 15) is 31.8 Å². The van der Waals surface area contributed by atoms with Gasteiger partial charge in [-0.05, 0) is 42.7 Å². The Morgan fingerprint density at radius 3 is 2.69 bits per heavy atom. The molecule has 3 aromatic rings. The van der Waals surface area contributed by atoms with Crippen molar-refractivity contribution in [3.8, 4) is 5.75 Å². The Hall–Kier alpha value is -3.04. The number of aromatic hydroxyl groups is 1. The van der Waals surface area contributed by atoms with Crippen molar-refractivity contribution in [3.05, 3.63) is 53.6 Å². The van der Waals surface area contributed by atoms with Crippen LogP contribution >= 0.6 is 10.8 Å². The van der Waals surface area contributed by atoms with E-state index in [4.69, 9.17) is 0 Å². The molecule has 0 radical (unpaired) electrons. The van der Waals surface area contributed by atoms with Crippen molar-refractivity contribution in [2.24, 2.45) is 0 Å². The molecule has 1 aliphatic rings. The number of benzene rings is 1. The Bertz CT molecular complexity index is 1430. The highest BCUT2D eigenvalue weighted by Gasteiger charge is 2.32. The molecule has 1 aromatic carbocycles. The normalized spacial score (nSPS) is 16.8. The number of carbonyl (C=O) groups excluding carboxylic acids is 1. The van der Waals surface area contributed by atoms with Crippen LogP contribution in [0.2, 0.25) is 0 Å². The van der Waals surface area contributed by atoms with Crippen molar-refractivity contribution < 1.29 is 31.8 Å². The van der Waals surface area contributed by atoms with Crippen molar-refractivity contribution in [1.29, 1.82) is 0 Å². The number of carbonyl (C=O) groups is 1. The van der Waals surface area contributed by atoms with Crippen molar-refractivity contribution in [3.63, 3.8) is 0 Å². The number of pyridine rings is 2. The highest BCUT2D eigenvalue weighted by molar-refractivity contribution is 8.25. The summed E-state index contributed by atoms with van der Waals surface area (Å²) >= 11 is 0. The van der Waals surface area contributed by atoms with Crippen LogP contribution in [0, 0.1) is 5.82 Å². The second-order valence-electron chi connectivity index (χ2n) is 8.40. The molecule has 1 aliphatic heterocycles. The van der Waals surface area contributed by atoms with E-state index in [1.807, 2.05) is 0 Å². The smallest absolute Gasteiger partial charge is 0.274 e. The fourth-order valence-corrected chi connectivity index (χ4v) is 6.65. The third-order valence-electron chi connectivity index (χ3n) is 5.78. The van der Waals surface area contributed by atoms with E-state index in [-0.39, 0.29) is 40.6 Å². The van der Waals surface area contributed by atoms with Gasteiger partial charge in [0.2, 0.25) is 10.0 Å². The van der Waals surface area contributed by atoms with Gasteiger partial charge in [0.05, 0.1) is 10.6 Å². The lowest BCUT2D eigenvalue weighted by atomic mass is 10.1. The predicted molar refractivity (Wildman–Crippen MR) is 134 cm³/mol. The minimum Gasteiger partial charge on any atom is -0.504 e. The summed E-state index contributed by atoms with van der Waals surface area (Å²) in [6.07, 6.45) is 2.71. The van der Waals surface area contributed by atoms with E-state index in [0.29, 0.717) is 18.2 Å². The lowest BCUT2D eigenvalue weighted by Crippen LogP contribution is -2.35. The van der Waals surface area contributed by atoms with Gasteiger partial charge in [0.25, 0.3) is 5.91 Å². The fraction of sp³-hybridized carbons (Fsp3) is 0.318. The van der Waals surface area contributed by atoms with Crippen LogP contribution in [0.3, 0.4) is 0 Å². The molecule has 0 spiro atoms. The molecule has 194 valence electrons. The monoisotopic (exact) mass is 539 g/mol. The molecule has 4 N–H and O–H groups in total. The Morgan fingerprint density at radius 1 is 1.25 bits per heavy atom. The summed E-state index contributed by atoms with van der Waals surface area (Å²) in [5.41, 5.74) is -0.246. The molecule has 0 saturated carbocycles. The minimum absolute atomic E-state index is 0.0473. The fourth-order valence-electron chi connectivity index (χ4n) is 3.88. The van der Waals surface area contributed by atoms with Crippen LogP contribution in [-0.2, 0) is 16.6 Å². The number of hydrogen-bond donors (Lipinski definition) is 4. The third kappa shape index (κ3) is 4.82. The number of nitrogens with zero attached hydrogens (tertiary/aromatic N) is 4. The van der Waals surface area contributed by atoms with Crippen LogP contribution in [0.1, 0.15) is 28.9 Å². The van der Waals surface area contributed by atoms with Gasteiger partial charge in [-0.25, -0.2) is 22.1 Å². The molecule has 11 nitrogen and oxygen atoms in total. The number of fused-ring (bicyclic) bond motifs is 1. The zero-order valence-corrected chi connectivity index (χ0v) is 21.2. The summed E-state index contributed by atoms with van der Waals surface area (Å²) in [7, 11) is -4.59. The lowest BCUT2D eigenvalue weighted by molar-refractivity contribution is 0.0943. The highest BCUT2D eigenvalue weighted by atomic mass is 32.3. The molecule has 36 heavy (non-hydrogen) atoms. The zero-order chi connectivity index (χ0) is 26.3. The van der Waals surface area contributed by atoms with E-state index in [2.05, 4.69) is 15.3 Å². The molecule has 3 heterocycles. The van der Waals surface area contributed by atoms with E-state index < -0.39 is 44.0 Å². The second kappa shape index (κ2) is 9.78. The van der Waals surface area contributed by atoms with Gasteiger partial charge in [0.1, 0.15) is 11.3 Å². The molecule has 0 aliphatic carbocycles. The molecule has 2 aromatic heterocycles. The molecule has 1 fully saturated rings. The van der Waals surface area contributed by atoms with E-state index in [1.54, 1.807) is 12.1 Å². The average molecular weight is 540 g/mol. The van der Waals surface area contributed by atoms with Gasteiger partial charge >= 0.3 is 0 Å². The summed E-state index contributed by atoms with van der Waals surface area (Å²) in [5.74, 6) is -1.88. The van der Waals surface area contributed by atoms with E-state index >= 15 is 0 Å². The van der Waals surface area contributed by atoms with Crippen LogP contribution < -0.4 is 9.62 Å². The van der Waals surface area contributed by atoms with E-state index in [1.165, 1.54) is 30.7 Å². The summed E-state index contributed by atoms with van der Waals surface area (Å²) in [4.78, 5) is 21.2. The number of amides is 1. The Kier molecular flexibility index (Phi) is 7.07. The third-order valence-corrected chi connectivity index (χ3v) is 9.57. The van der Waals surface area contributed by atoms with Gasteiger partial charge in [-0.2, -0.15) is 0 Å². The minimum atomic E-state index is -4.01. The number of nitrogens with one attached hydrogen (secondary N) is 1. The maximum atomic E-state index is 13.8.